The molecule has 0 spiro atoms. The molecular formula is C14H10N4O2. The highest BCUT2D eigenvalue weighted by Crippen LogP contribution is 2.24. The van der Waals surface area contributed by atoms with E-state index in [4.69, 9.17) is 5.26 Å². The maximum atomic E-state index is 11.5. The van der Waals surface area contributed by atoms with E-state index in [1.165, 1.54) is 0 Å². The van der Waals surface area contributed by atoms with E-state index >= 15 is 0 Å². The summed E-state index contributed by atoms with van der Waals surface area (Å²) in [6.07, 6.45) is 0. The minimum absolute atomic E-state index is 0.0632. The molecule has 0 saturated heterocycles. The van der Waals surface area contributed by atoms with Crippen molar-refractivity contribution in [2.75, 3.05) is 0 Å². The van der Waals surface area contributed by atoms with Gasteiger partial charge in [-0.25, -0.2) is 4.79 Å². The molecule has 2 aromatic heterocycles. The normalized spacial score (nSPS) is 10.6. The number of fused-ring (bicyclic) bond motifs is 1. The van der Waals surface area contributed by atoms with Crippen LogP contribution < -0.4 is 11.2 Å². The maximum absolute atomic E-state index is 11.5. The van der Waals surface area contributed by atoms with E-state index in [9.17, 15) is 9.59 Å². The van der Waals surface area contributed by atoms with E-state index in [1.807, 2.05) is 12.1 Å². The van der Waals surface area contributed by atoms with Gasteiger partial charge in [-0.3, -0.25) is 4.79 Å². The summed E-state index contributed by atoms with van der Waals surface area (Å²) in [5, 5.41) is 8.93. The fourth-order valence-corrected chi connectivity index (χ4v) is 2.21. The van der Waals surface area contributed by atoms with Crippen LogP contribution in [0.5, 0.6) is 0 Å². The molecule has 3 N–H and O–H groups in total. The van der Waals surface area contributed by atoms with Gasteiger partial charge in [-0.1, -0.05) is 6.07 Å². The zero-order valence-corrected chi connectivity index (χ0v) is 10.6. The SMILES string of the molecule is Cc1[nH]c(=O)c(C#N)cc1-c1ccc2[nH]c(=O)[nH]c2c1. The molecule has 20 heavy (non-hydrogen) atoms. The molecule has 0 radical (unpaired) electrons. The summed E-state index contributed by atoms with van der Waals surface area (Å²) in [6, 6.07) is 8.83. The fraction of sp³-hybridized carbons (Fsp3) is 0.0714. The van der Waals surface area contributed by atoms with Gasteiger partial charge in [0.25, 0.3) is 5.56 Å². The molecule has 0 aliphatic carbocycles. The van der Waals surface area contributed by atoms with Gasteiger partial charge in [0, 0.05) is 11.3 Å². The first-order valence-corrected chi connectivity index (χ1v) is 5.95. The molecular weight excluding hydrogens is 256 g/mol. The van der Waals surface area contributed by atoms with Crippen LogP contribution in [0.1, 0.15) is 11.3 Å². The molecule has 6 heteroatoms. The lowest BCUT2D eigenvalue weighted by Gasteiger charge is -2.06. The van der Waals surface area contributed by atoms with Crippen LogP contribution in [0.25, 0.3) is 22.2 Å². The van der Waals surface area contributed by atoms with Crippen LogP contribution in [0.2, 0.25) is 0 Å². The predicted molar refractivity (Wildman–Crippen MR) is 74.4 cm³/mol. The smallest absolute Gasteiger partial charge is 0.323 e. The van der Waals surface area contributed by atoms with Gasteiger partial charge in [0.1, 0.15) is 11.6 Å². The molecule has 3 aromatic rings. The van der Waals surface area contributed by atoms with E-state index in [-0.39, 0.29) is 11.3 Å². The quantitative estimate of drug-likeness (QED) is 0.619. The Morgan fingerprint density at radius 3 is 2.55 bits per heavy atom. The van der Waals surface area contributed by atoms with E-state index in [1.54, 1.807) is 25.1 Å². The summed E-state index contributed by atoms with van der Waals surface area (Å²) < 4.78 is 0. The van der Waals surface area contributed by atoms with Crippen LogP contribution in [0.4, 0.5) is 0 Å². The molecule has 6 nitrogen and oxygen atoms in total. The minimum atomic E-state index is -0.398. The molecule has 2 heterocycles. The zero-order chi connectivity index (χ0) is 14.3. The first-order valence-electron chi connectivity index (χ1n) is 5.95. The van der Waals surface area contributed by atoms with Crippen LogP contribution in [0.3, 0.4) is 0 Å². The van der Waals surface area contributed by atoms with Crippen molar-refractivity contribution >= 4 is 11.0 Å². The standard InChI is InChI=1S/C14H10N4O2/c1-7-10(4-9(6-15)13(19)16-7)8-2-3-11-12(5-8)18-14(20)17-11/h2-5H,1H3,(H,16,19)(H2,17,18,20). The Kier molecular flexibility index (Phi) is 2.54. The van der Waals surface area contributed by atoms with Gasteiger partial charge in [0.15, 0.2) is 0 Å². The highest BCUT2D eigenvalue weighted by molar-refractivity contribution is 5.82. The summed E-state index contributed by atoms with van der Waals surface area (Å²) in [6.45, 7) is 1.77. The van der Waals surface area contributed by atoms with E-state index in [0.29, 0.717) is 16.7 Å². The number of aryl methyl sites for hydroxylation is 1. The lowest BCUT2D eigenvalue weighted by atomic mass is 10.0. The Labute approximate surface area is 112 Å². The molecule has 0 aliphatic heterocycles. The molecule has 0 atom stereocenters. The highest BCUT2D eigenvalue weighted by Gasteiger charge is 2.09. The fourth-order valence-electron chi connectivity index (χ4n) is 2.21. The van der Waals surface area contributed by atoms with Crippen molar-refractivity contribution in [3.63, 3.8) is 0 Å². The van der Waals surface area contributed by atoms with Crippen molar-refractivity contribution in [1.82, 2.24) is 15.0 Å². The summed E-state index contributed by atoms with van der Waals surface area (Å²) in [5.74, 6) is 0. The number of hydrogen-bond acceptors (Lipinski definition) is 3. The summed E-state index contributed by atoms with van der Waals surface area (Å²) in [4.78, 5) is 30.8. The first kappa shape index (κ1) is 12.0. The van der Waals surface area contributed by atoms with Gasteiger partial charge < -0.3 is 15.0 Å². The van der Waals surface area contributed by atoms with Crippen LogP contribution in [-0.4, -0.2) is 15.0 Å². The number of benzene rings is 1. The average Bonchev–Trinajstić information content (AvgIpc) is 2.78. The number of hydrogen-bond donors (Lipinski definition) is 3. The molecule has 0 bridgehead atoms. The largest absolute Gasteiger partial charge is 0.325 e. The van der Waals surface area contributed by atoms with E-state index in [0.717, 1.165) is 11.1 Å². The van der Waals surface area contributed by atoms with Gasteiger partial charge in [-0.15, -0.1) is 0 Å². The van der Waals surface area contributed by atoms with Gasteiger partial charge in [0.05, 0.1) is 11.0 Å². The molecule has 3 rings (SSSR count). The van der Waals surface area contributed by atoms with Gasteiger partial charge >= 0.3 is 5.69 Å². The Bertz CT molecular complexity index is 969. The van der Waals surface area contributed by atoms with Crippen LogP contribution in [0, 0.1) is 18.3 Å². The molecule has 0 fully saturated rings. The van der Waals surface area contributed by atoms with Gasteiger partial charge in [-0.2, -0.15) is 5.26 Å². The van der Waals surface area contributed by atoms with Crippen molar-refractivity contribution in [3.05, 3.63) is 56.4 Å². The lowest BCUT2D eigenvalue weighted by molar-refractivity contribution is 1.13. The number of nitrogens with one attached hydrogen (secondary N) is 3. The second-order valence-corrected chi connectivity index (χ2v) is 4.50. The third-order valence-electron chi connectivity index (χ3n) is 3.19. The van der Waals surface area contributed by atoms with E-state index in [2.05, 4.69) is 15.0 Å². The molecule has 0 amide bonds. The van der Waals surface area contributed by atoms with Crippen LogP contribution >= 0.6 is 0 Å². The molecule has 0 unspecified atom stereocenters. The monoisotopic (exact) mass is 266 g/mol. The number of aromatic amines is 3. The summed E-state index contributed by atoms with van der Waals surface area (Å²) in [5.41, 5.74) is 3.03. The van der Waals surface area contributed by atoms with E-state index < -0.39 is 5.56 Å². The summed E-state index contributed by atoms with van der Waals surface area (Å²) in [7, 11) is 0. The van der Waals surface area contributed by atoms with Gasteiger partial charge in [0.2, 0.25) is 0 Å². The molecule has 1 aromatic carbocycles. The molecule has 0 aliphatic rings. The minimum Gasteiger partial charge on any atom is -0.325 e. The van der Waals surface area contributed by atoms with Crippen LogP contribution in [0.15, 0.2) is 33.9 Å². The highest BCUT2D eigenvalue weighted by atomic mass is 16.1. The number of rotatable bonds is 1. The summed E-state index contributed by atoms with van der Waals surface area (Å²) >= 11 is 0. The van der Waals surface area contributed by atoms with Crippen molar-refractivity contribution < 1.29 is 0 Å². The Balaban J connectivity index is 2.27. The second kappa shape index (κ2) is 4.24. The molecule has 98 valence electrons. The number of aromatic nitrogens is 3. The number of nitriles is 1. The Hall–Kier alpha value is -3.07. The number of pyridine rings is 1. The topological polar surface area (TPSA) is 105 Å². The Morgan fingerprint density at radius 2 is 1.80 bits per heavy atom. The van der Waals surface area contributed by atoms with Crippen molar-refractivity contribution in [2.45, 2.75) is 6.92 Å². The van der Waals surface area contributed by atoms with Crippen LogP contribution in [-0.2, 0) is 0 Å². The maximum Gasteiger partial charge on any atom is 0.323 e. The first-order chi connectivity index (χ1) is 9.58. The second-order valence-electron chi connectivity index (χ2n) is 4.50. The third kappa shape index (κ3) is 1.82. The Morgan fingerprint density at radius 1 is 1.05 bits per heavy atom. The van der Waals surface area contributed by atoms with Crippen molar-refractivity contribution in [1.29, 1.82) is 5.26 Å². The lowest BCUT2D eigenvalue weighted by Crippen LogP contribution is -2.11. The van der Waals surface area contributed by atoms with Crippen molar-refractivity contribution in [2.24, 2.45) is 0 Å². The van der Waals surface area contributed by atoms with Crippen molar-refractivity contribution in [3.8, 4) is 17.2 Å². The zero-order valence-electron chi connectivity index (χ0n) is 10.6. The number of nitrogens with zero attached hydrogens (tertiary/aromatic N) is 1. The predicted octanol–water partition coefficient (Wildman–Crippen LogP) is 1.39. The third-order valence-corrected chi connectivity index (χ3v) is 3.19. The molecule has 0 saturated carbocycles. The van der Waals surface area contributed by atoms with Gasteiger partial charge in [-0.05, 0) is 30.7 Å². The average molecular weight is 266 g/mol. The number of imidazole rings is 1. The number of H-pyrrole nitrogens is 3.